The Morgan fingerprint density at radius 1 is 1.00 bits per heavy atom. The fourth-order valence-electron chi connectivity index (χ4n) is 3.78. The lowest BCUT2D eigenvalue weighted by atomic mass is 9.95. The Kier molecular flexibility index (Phi) is 7.12. The van der Waals surface area contributed by atoms with Gasteiger partial charge in [-0.15, -0.1) is 0 Å². The van der Waals surface area contributed by atoms with E-state index in [0.29, 0.717) is 30.4 Å². The number of nitrogens with zero attached hydrogens (tertiary/aromatic N) is 2. The summed E-state index contributed by atoms with van der Waals surface area (Å²) in [6.45, 7) is 1.24. The molecule has 2 fully saturated rings. The highest BCUT2D eigenvalue weighted by molar-refractivity contribution is 5.78. The van der Waals surface area contributed by atoms with Crippen LogP contribution in [0.3, 0.4) is 0 Å². The normalized spacial score (nSPS) is 18.2. The van der Waals surface area contributed by atoms with Gasteiger partial charge in [0.1, 0.15) is 5.75 Å². The Labute approximate surface area is 166 Å². The molecule has 1 saturated heterocycles. The van der Waals surface area contributed by atoms with Gasteiger partial charge in [-0.05, 0) is 49.9 Å². The number of likely N-dealkylation sites (tertiary alicyclic amines) is 1. The first-order valence-electron chi connectivity index (χ1n) is 10.1. The van der Waals surface area contributed by atoms with Crippen molar-refractivity contribution in [3.8, 4) is 11.8 Å². The molecule has 3 amide bonds. The van der Waals surface area contributed by atoms with E-state index in [1.807, 2.05) is 11.0 Å². The second kappa shape index (κ2) is 9.98. The van der Waals surface area contributed by atoms with Gasteiger partial charge in [0, 0.05) is 25.2 Å². The molecule has 7 heteroatoms. The number of carbonyl (C=O) groups excluding carboxylic acids is 2. The van der Waals surface area contributed by atoms with Gasteiger partial charge in [-0.2, -0.15) is 5.26 Å². The number of carbonyl (C=O) groups is 2. The van der Waals surface area contributed by atoms with Crippen LogP contribution in [0.2, 0.25) is 0 Å². The molecule has 0 aromatic heterocycles. The summed E-state index contributed by atoms with van der Waals surface area (Å²) in [5.41, 5.74) is 0.552. The molecule has 1 aliphatic carbocycles. The zero-order chi connectivity index (χ0) is 19.8. The molecule has 0 spiro atoms. The monoisotopic (exact) mass is 384 g/mol. The van der Waals surface area contributed by atoms with E-state index < -0.39 is 0 Å². The Hall–Kier alpha value is -2.75. The Balaban J connectivity index is 1.34. The third-order valence-corrected chi connectivity index (χ3v) is 5.43. The van der Waals surface area contributed by atoms with Crippen molar-refractivity contribution in [1.82, 2.24) is 15.5 Å². The van der Waals surface area contributed by atoms with Gasteiger partial charge in [0.2, 0.25) is 0 Å². The topological polar surface area (TPSA) is 94.5 Å². The molecule has 0 radical (unpaired) electrons. The van der Waals surface area contributed by atoms with E-state index in [9.17, 15) is 9.59 Å². The van der Waals surface area contributed by atoms with Gasteiger partial charge in [0.05, 0.1) is 11.6 Å². The highest BCUT2D eigenvalue weighted by Crippen LogP contribution is 2.18. The van der Waals surface area contributed by atoms with Crippen molar-refractivity contribution in [3.63, 3.8) is 0 Å². The highest BCUT2D eigenvalue weighted by Gasteiger charge is 2.25. The maximum atomic E-state index is 12.4. The molecule has 0 atom stereocenters. The van der Waals surface area contributed by atoms with E-state index in [-0.39, 0.29) is 24.6 Å². The molecule has 150 valence electrons. The molecule has 3 rings (SSSR count). The Morgan fingerprint density at radius 3 is 2.29 bits per heavy atom. The number of urea groups is 1. The zero-order valence-electron chi connectivity index (χ0n) is 16.2. The smallest absolute Gasteiger partial charge is 0.317 e. The van der Waals surface area contributed by atoms with E-state index >= 15 is 0 Å². The van der Waals surface area contributed by atoms with E-state index in [1.165, 1.54) is 19.3 Å². The predicted octanol–water partition coefficient (Wildman–Crippen LogP) is 2.56. The van der Waals surface area contributed by atoms with Gasteiger partial charge in [0.15, 0.2) is 6.61 Å². The van der Waals surface area contributed by atoms with Crippen LogP contribution in [0.1, 0.15) is 50.5 Å². The second-order valence-electron chi connectivity index (χ2n) is 7.54. The van der Waals surface area contributed by atoms with Crippen molar-refractivity contribution >= 4 is 11.9 Å². The van der Waals surface area contributed by atoms with Crippen LogP contribution in [0.15, 0.2) is 24.3 Å². The quantitative estimate of drug-likeness (QED) is 0.816. The summed E-state index contributed by atoms with van der Waals surface area (Å²) in [5, 5.41) is 14.9. The van der Waals surface area contributed by atoms with Gasteiger partial charge in [-0.3, -0.25) is 4.79 Å². The average molecular weight is 384 g/mol. The maximum Gasteiger partial charge on any atom is 0.317 e. The van der Waals surface area contributed by atoms with Crippen LogP contribution in [0.5, 0.6) is 5.75 Å². The molecule has 0 unspecified atom stereocenters. The van der Waals surface area contributed by atoms with Crippen LogP contribution in [0.25, 0.3) is 0 Å². The Morgan fingerprint density at radius 2 is 1.64 bits per heavy atom. The van der Waals surface area contributed by atoms with Crippen LogP contribution >= 0.6 is 0 Å². The van der Waals surface area contributed by atoms with Crippen molar-refractivity contribution in [3.05, 3.63) is 29.8 Å². The third-order valence-electron chi connectivity index (χ3n) is 5.43. The number of hydrogen-bond acceptors (Lipinski definition) is 4. The number of rotatable bonds is 5. The first-order chi connectivity index (χ1) is 13.6. The summed E-state index contributed by atoms with van der Waals surface area (Å²) < 4.78 is 5.46. The second-order valence-corrected chi connectivity index (χ2v) is 7.54. The molecule has 7 nitrogen and oxygen atoms in total. The number of ether oxygens (including phenoxy) is 1. The van der Waals surface area contributed by atoms with Crippen LogP contribution in [-0.2, 0) is 4.79 Å². The maximum absolute atomic E-state index is 12.4. The number of hydrogen-bond donors (Lipinski definition) is 2. The number of amides is 3. The molecule has 1 saturated carbocycles. The first-order valence-corrected chi connectivity index (χ1v) is 10.1. The van der Waals surface area contributed by atoms with Gasteiger partial charge in [-0.1, -0.05) is 19.3 Å². The fraction of sp³-hybridized carbons (Fsp3) is 0.571. The molecule has 1 aliphatic heterocycles. The van der Waals surface area contributed by atoms with Gasteiger partial charge in [-0.25, -0.2) is 4.79 Å². The molecular formula is C21H28N4O3. The minimum atomic E-state index is -0.172. The molecule has 2 aliphatic rings. The van der Waals surface area contributed by atoms with Crippen LogP contribution in [0, 0.1) is 11.3 Å². The van der Waals surface area contributed by atoms with Crippen LogP contribution < -0.4 is 15.4 Å². The molecule has 1 heterocycles. The largest absolute Gasteiger partial charge is 0.484 e. The third kappa shape index (κ3) is 5.88. The number of piperidine rings is 1. The lowest BCUT2D eigenvalue weighted by Gasteiger charge is -2.34. The fourth-order valence-corrected chi connectivity index (χ4v) is 3.78. The summed E-state index contributed by atoms with van der Waals surface area (Å²) >= 11 is 0. The van der Waals surface area contributed by atoms with Crippen molar-refractivity contribution in [2.45, 2.75) is 57.0 Å². The molecule has 1 aromatic rings. The summed E-state index contributed by atoms with van der Waals surface area (Å²) in [6, 6.07) is 9.11. The SMILES string of the molecule is N#Cc1ccc(OCC(=O)NC2CCN(C(=O)NC3CCCCC3)CC2)cc1. The lowest BCUT2D eigenvalue weighted by Crippen LogP contribution is -2.51. The molecule has 2 N–H and O–H groups in total. The highest BCUT2D eigenvalue weighted by atomic mass is 16.5. The predicted molar refractivity (Wildman–Crippen MR) is 105 cm³/mol. The average Bonchev–Trinajstić information content (AvgIpc) is 2.74. The lowest BCUT2D eigenvalue weighted by molar-refractivity contribution is -0.124. The van der Waals surface area contributed by atoms with E-state index in [4.69, 9.17) is 10.00 Å². The van der Waals surface area contributed by atoms with Crippen LogP contribution in [0.4, 0.5) is 4.79 Å². The van der Waals surface area contributed by atoms with E-state index in [2.05, 4.69) is 10.6 Å². The number of benzene rings is 1. The van der Waals surface area contributed by atoms with Crippen molar-refractivity contribution < 1.29 is 14.3 Å². The van der Waals surface area contributed by atoms with E-state index in [1.54, 1.807) is 24.3 Å². The summed E-state index contributed by atoms with van der Waals surface area (Å²) in [7, 11) is 0. The molecule has 1 aromatic carbocycles. The van der Waals surface area contributed by atoms with Crippen molar-refractivity contribution in [2.75, 3.05) is 19.7 Å². The summed E-state index contributed by atoms with van der Waals surface area (Å²) in [4.78, 5) is 26.3. The van der Waals surface area contributed by atoms with Crippen LogP contribution in [-0.4, -0.2) is 48.6 Å². The number of nitrogens with one attached hydrogen (secondary N) is 2. The molecule has 0 bridgehead atoms. The van der Waals surface area contributed by atoms with Gasteiger partial charge in [0.25, 0.3) is 5.91 Å². The Bertz CT molecular complexity index is 699. The minimum Gasteiger partial charge on any atom is -0.484 e. The summed E-state index contributed by atoms with van der Waals surface area (Å²) in [6.07, 6.45) is 7.33. The number of nitriles is 1. The molecular weight excluding hydrogens is 356 g/mol. The zero-order valence-corrected chi connectivity index (χ0v) is 16.2. The summed E-state index contributed by atoms with van der Waals surface area (Å²) in [5.74, 6) is 0.387. The molecule has 28 heavy (non-hydrogen) atoms. The van der Waals surface area contributed by atoms with Gasteiger partial charge < -0.3 is 20.3 Å². The van der Waals surface area contributed by atoms with Crippen molar-refractivity contribution in [1.29, 1.82) is 5.26 Å². The van der Waals surface area contributed by atoms with Gasteiger partial charge >= 0.3 is 6.03 Å². The standard InChI is InChI=1S/C21H28N4O3/c22-14-16-6-8-19(9-7-16)28-15-20(26)23-18-10-12-25(13-11-18)21(27)24-17-4-2-1-3-5-17/h6-9,17-18H,1-5,10-13,15H2,(H,23,26)(H,24,27). The van der Waals surface area contributed by atoms with Crippen molar-refractivity contribution in [2.24, 2.45) is 0 Å². The first kappa shape index (κ1) is 20.0. The minimum absolute atomic E-state index is 0.0285. The van der Waals surface area contributed by atoms with E-state index in [0.717, 1.165) is 25.7 Å².